The highest BCUT2D eigenvalue weighted by atomic mass is 16.5. The SMILES string of the molecule is COc1cc(C)nc(CNCc2ccc(C)nc2)c1. The Kier molecular flexibility index (Phi) is 4.47. The normalized spacial score (nSPS) is 10.5. The molecule has 100 valence electrons. The maximum atomic E-state index is 5.24. The Morgan fingerprint density at radius 2 is 1.95 bits per heavy atom. The Labute approximate surface area is 113 Å². The van der Waals surface area contributed by atoms with Gasteiger partial charge in [0.2, 0.25) is 0 Å². The molecule has 0 aliphatic heterocycles. The van der Waals surface area contributed by atoms with Crippen molar-refractivity contribution in [2.24, 2.45) is 0 Å². The summed E-state index contributed by atoms with van der Waals surface area (Å²) in [5.41, 5.74) is 4.16. The van der Waals surface area contributed by atoms with Gasteiger partial charge in [-0.1, -0.05) is 6.07 Å². The molecule has 2 rings (SSSR count). The minimum absolute atomic E-state index is 0.714. The number of nitrogens with zero attached hydrogens (tertiary/aromatic N) is 2. The van der Waals surface area contributed by atoms with Crippen LogP contribution in [0.15, 0.2) is 30.5 Å². The molecule has 0 saturated heterocycles. The fourth-order valence-electron chi connectivity index (χ4n) is 1.85. The molecule has 2 aromatic rings. The van der Waals surface area contributed by atoms with Crippen LogP contribution in [0.4, 0.5) is 0 Å². The molecule has 19 heavy (non-hydrogen) atoms. The molecule has 0 radical (unpaired) electrons. The van der Waals surface area contributed by atoms with E-state index in [1.54, 1.807) is 7.11 Å². The molecule has 0 unspecified atom stereocenters. The number of ether oxygens (including phenoxy) is 1. The molecule has 0 aliphatic rings. The number of hydrogen-bond donors (Lipinski definition) is 1. The summed E-state index contributed by atoms with van der Waals surface area (Å²) in [5.74, 6) is 0.848. The largest absolute Gasteiger partial charge is 0.497 e. The van der Waals surface area contributed by atoms with Crippen LogP contribution >= 0.6 is 0 Å². The molecule has 0 aromatic carbocycles. The third-order valence-corrected chi connectivity index (χ3v) is 2.82. The molecule has 2 aromatic heterocycles. The van der Waals surface area contributed by atoms with Crippen LogP contribution in [-0.4, -0.2) is 17.1 Å². The van der Waals surface area contributed by atoms with Crippen LogP contribution in [0.1, 0.15) is 22.6 Å². The van der Waals surface area contributed by atoms with Crippen LogP contribution in [-0.2, 0) is 13.1 Å². The molecule has 1 N–H and O–H groups in total. The molecule has 0 bridgehead atoms. The molecule has 0 aliphatic carbocycles. The minimum Gasteiger partial charge on any atom is -0.497 e. The van der Waals surface area contributed by atoms with Gasteiger partial charge in [0.15, 0.2) is 0 Å². The van der Waals surface area contributed by atoms with Crippen molar-refractivity contribution < 1.29 is 4.74 Å². The number of nitrogens with one attached hydrogen (secondary N) is 1. The van der Waals surface area contributed by atoms with Crippen molar-refractivity contribution in [1.29, 1.82) is 0 Å². The fraction of sp³-hybridized carbons (Fsp3) is 0.333. The molecule has 0 atom stereocenters. The van der Waals surface area contributed by atoms with Crippen molar-refractivity contribution in [3.8, 4) is 5.75 Å². The van der Waals surface area contributed by atoms with Gasteiger partial charge in [0.05, 0.1) is 12.8 Å². The lowest BCUT2D eigenvalue weighted by Crippen LogP contribution is -2.14. The maximum Gasteiger partial charge on any atom is 0.122 e. The second-order valence-corrected chi connectivity index (χ2v) is 4.55. The van der Waals surface area contributed by atoms with Gasteiger partial charge in [0.1, 0.15) is 5.75 Å². The monoisotopic (exact) mass is 257 g/mol. The van der Waals surface area contributed by atoms with Crippen LogP contribution in [0, 0.1) is 13.8 Å². The van der Waals surface area contributed by atoms with Crippen LogP contribution < -0.4 is 10.1 Å². The average molecular weight is 257 g/mol. The third kappa shape index (κ3) is 4.03. The Balaban J connectivity index is 1.92. The van der Waals surface area contributed by atoms with Gasteiger partial charge >= 0.3 is 0 Å². The third-order valence-electron chi connectivity index (χ3n) is 2.82. The van der Waals surface area contributed by atoms with Gasteiger partial charge in [-0.25, -0.2) is 0 Å². The smallest absolute Gasteiger partial charge is 0.122 e. The molecule has 2 heterocycles. The number of methoxy groups -OCH3 is 1. The summed E-state index contributed by atoms with van der Waals surface area (Å²) in [6.45, 7) is 5.45. The molecule has 4 nitrogen and oxygen atoms in total. The predicted octanol–water partition coefficient (Wildman–Crippen LogP) is 2.39. The average Bonchev–Trinajstić information content (AvgIpc) is 2.40. The highest BCUT2D eigenvalue weighted by Gasteiger charge is 2.00. The number of aromatic nitrogens is 2. The molecular formula is C15H19N3O. The second-order valence-electron chi connectivity index (χ2n) is 4.55. The van der Waals surface area contributed by atoms with Gasteiger partial charge in [0.25, 0.3) is 0 Å². The highest BCUT2D eigenvalue weighted by Crippen LogP contribution is 2.13. The van der Waals surface area contributed by atoms with E-state index >= 15 is 0 Å². The molecule has 0 saturated carbocycles. The second kappa shape index (κ2) is 6.29. The lowest BCUT2D eigenvalue weighted by molar-refractivity contribution is 0.412. The number of rotatable bonds is 5. The van der Waals surface area contributed by atoms with Crippen molar-refractivity contribution in [3.63, 3.8) is 0 Å². The zero-order valence-corrected chi connectivity index (χ0v) is 11.6. The first kappa shape index (κ1) is 13.5. The summed E-state index contributed by atoms with van der Waals surface area (Å²) in [5, 5.41) is 3.36. The first-order valence-electron chi connectivity index (χ1n) is 6.31. The van der Waals surface area contributed by atoms with Crippen LogP contribution in [0.5, 0.6) is 5.75 Å². The van der Waals surface area contributed by atoms with E-state index in [2.05, 4.69) is 21.4 Å². The topological polar surface area (TPSA) is 47.0 Å². The summed E-state index contributed by atoms with van der Waals surface area (Å²) >= 11 is 0. The van der Waals surface area contributed by atoms with E-state index in [4.69, 9.17) is 4.74 Å². The van der Waals surface area contributed by atoms with Crippen molar-refractivity contribution in [3.05, 3.63) is 53.1 Å². The van der Waals surface area contributed by atoms with Crippen molar-refractivity contribution in [2.75, 3.05) is 7.11 Å². The van der Waals surface area contributed by atoms with Crippen LogP contribution in [0.25, 0.3) is 0 Å². The van der Waals surface area contributed by atoms with Crippen molar-refractivity contribution >= 4 is 0 Å². The zero-order valence-electron chi connectivity index (χ0n) is 11.6. The van der Waals surface area contributed by atoms with Crippen LogP contribution in [0.3, 0.4) is 0 Å². The zero-order chi connectivity index (χ0) is 13.7. The van der Waals surface area contributed by atoms with E-state index in [9.17, 15) is 0 Å². The minimum atomic E-state index is 0.714. The van der Waals surface area contributed by atoms with Gasteiger partial charge in [-0.15, -0.1) is 0 Å². The summed E-state index contributed by atoms with van der Waals surface area (Å²) in [7, 11) is 1.67. The van der Waals surface area contributed by atoms with Gasteiger partial charge in [0, 0.05) is 42.8 Å². The van der Waals surface area contributed by atoms with E-state index in [0.717, 1.165) is 29.4 Å². The van der Waals surface area contributed by atoms with E-state index in [-0.39, 0.29) is 0 Å². The maximum absolute atomic E-state index is 5.24. The van der Waals surface area contributed by atoms with Crippen molar-refractivity contribution in [1.82, 2.24) is 15.3 Å². The summed E-state index contributed by atoms with van der Waals surface area (Å²) < 4.78 is 5.24. The highest BCUT2D eigenvalue weighted by molar-refractivity contribution is 5.26. The van der Waals surface area contributed by atoms with E-state index in [1.165, 1.54) is 5.56 Å². The summed E-state index contributed by atoms with van der Waals surface area (Å²) in [4.78, 5) is 8.74. The number of hydrogen-bond acceptors (Lipinski definition) is 4. The molecule has 0 amide bonds. The molecule has 4 heteroatoms. The van der Waals surface area contributed by atoms with Gasteiger partial charge in [-0.05, 0) is 25.5 Å². The first-order valence-corrected chi connectivity index (χ1v) is 6.31. The Morgan fingerprint density at radius 1 is 1.11 bits per heavy atom. The number of pyridine rings is 2. The van der Waals surface area contributed by atoms with E-state index < -0.39 is 0 Å². The van der Waals surface area contributed by atoms with Gasteiger partial charge in [-0.2, -0.15) is 0 Å². The van der Waals surface area contributed by atoms with Gasteiger partial charge in [-0.3, -0.25) is 9.97 Å². The Hall–Kier alpha value is -1.94. The number of aryl methyl sites for hydroxylation is 2. The molecule has 0 fully saturated rings. The Bertz CT molecular complexity index is 538. The first-order chi connectivity index (χ1) is 9.17. The van der Waals surface area contributed by atoms with Gasteiger partial charge < -0.3 is 10.1 Å². The Morgan fingerprint density at radius 3 is 2.63 bits per heavy atom. The van der Waals surface area contributed by atoms with E-state index in [1.807, 2.05) is 38.2 Å². The van der Waals surface area contributed by atoms with Crippen molar-refractivity contribution in [2.45, 2.75) is 26.9 Å². The summed E-state index contributed by atoms with van der Waals surface area (Å²) in [6, 6.07) is 7.98. The summed E-state index contributed by atoms with van der Waals surface area (Å²) in [6.07, 6.45) is 1.90. The van der Waals surface area contributed by atoms with E-state index in [0.29, 0.717) is 6.54 Å². The van der Waals surface area contributed by atoms with Crippen LogP contribution in [0.2, 0.25) is 0 Å². The quantitative estimate of drug-likeness (QED) is 0.893. The predicted molar refractivity (Wildman–Crippen MR) is 75.0 cm³/mol. The standard InChI is InChI=1S/C15H19N3O/c1-11-4-5-13(9-17-11)8-16-10-14-7-15(19-3)6-12(2)18-14/h4-7,9,16H,8,10H2,1-3H3. The lowest BCUT2D eigenvalue weighted by atomic mass is 10.2. The molecule has 0 spiro atoms. The lowest BCUT2D eigenvalue weighted by Gasteiger charge is -2.07. The molecular weight excluding hydrogens is 238 g/mol. The fourth-order valence-corrected chi connectivity index (χ4v) is 1.85.